The highest BCUT2D eigenvalue weighted by Crippen LogP contribution is 2.31. The number of nitrogens with zero attached hydrogens (tertiary/aromatic N) is 1. The first-order chi connectivity index (χ1) is 6.20. The van der Waals surface area contributed by atoms with E-state index in [0.717, 1.165) is 0 Å². The van der Waals surface area contributed by atoms with E-state index in [-0.39, 0.29) is 11.4 Å². The van der Waals surface area contributed by atoms with Crippen LogP contribution in [0, 0.1) is 0 Å². The molecule has 0 spiro atoms. The fraction of sp³-hybridized carbons (Fsp3) is 0.625. The lowest BCUT2D eigenvalue weighted by Crippen LogP contribution is -2.40. The molecule has 0 saturated heterocycles. The van der Waals surface area contributed by atoms with E-state index in [2.05, 4.69) is 27.6 Å². The first-order valence-corrected chi connectivity index (χ1v) is 4.67. The monoisotopic (exact) mass is 273 g/mol. The summed E-state index contributed by atoms with van der Waals surface area (Å²) >= 11 is 3.06. The van der Waals surface area contributed by atoms with Gasteiger partial charge in [0.2, 0.25) is 0 Å². The second-order valence-corrected chi connectivity index (χ2v) is 4.10. The van der Waals surface area contributed by atoms with Gasteiger partial charge in [-0.3, -0.25) is 4.99 Å². The minimum atomic E-state index is -4.67. The van der Waals surface area contributed by atoms with Gasteiger partial charge < -0.3 is 5.11 Å². The fourth-order valence-corrected chi connectivity index (χ4v) is 0.928. The van der Waals surface area contributed by atoms with E-state index in [1.807, 2.05) is 0 Å². The molecule has 0 aromatic carbocycles. The third-order valence-corrected chi connectivity index (χ3v) is 2.10. The highest BCUT2D eigenvalue weighted by atomic mass is 79.9. The lowest BCUT2D eigenvalue weighted by Gasteiger charge is -2.22. The van der Waals surface area contributed by atoms with Crippen LogP contribution in [0.25, 0.3) is 0 Å². The van der Waals surface area contributed by atoms with E-state index < -0.39 is 11.8 Å². The lowest BCUT2D eigenvalue weighted by molar-refractivity contribution is -0.232. The molecule has 0 aliphatic heterocycles. The van der Waals surface area contributed by atoms with Gasteiger partial charge in [-0.05, 0) is 19.7 Å². The maximum Gasteiger partial charge on any atom is 0.420 e. The van der Waals surface area contributed by atoms with Crippen molar-refractivity contribution in [1.29, 1.82) is 0 Å². The van der Waals surface area contributed by atoms with Crippen molar-refractivity contribution in [2.45, 2.75) is 23.5 Å². The molecule has 6 heteroatoms. The third-order valence-electron chi connectivity index (χ3n) is 1.51. The maximum atomic E-state index is 12.1. The molecule has 0 radical (unpaired) electrons. The SMILES string of the molecule is C=NCC(Br)/C=C/C(C)(O)C(F)(F)F. The predicted octanol–water partition coefficient (Wildman–Crippen LogP) is 2.32. The predicted molar refractivity (Wildman–Crippen MR) is 52.9 cm³/mol. The molecule has 0 aliphatic rings. The maximum absolute atomic E-state index is 12.1. The van der Waals surface area contributed by atoms with Gasteiger partial charge >= 0.3 is 6.18 Å². The Labute approximate surface area is 88.7 Å². The van der Waals surface area contributed by atoms with Crippen molar-refractivity contribution in [2.24, 2.45) is 4.99 Å². The minimum Gasteiger partial charge on any atom is -0.377 e. The first kappa shape index (κ1) is 13.6. The van der Waals surface area contributed by atoms with Gasteiger partial charge in [0, 0.05) is 0 Å². The molecular formula is C8H11BrF3NO. The van der Waals surface area contributed by atoms with Crippen LogP contribution < -0.4 is 0 Å². The van der Waals surface area contributed by atoms with Gasteiger partial charge in [-0.2, -0.15) is 13.2 Å². The van der Waals surface area contributed by atoms with Crippen molar-refractivity contribution in [2.75, 3.05) is 6.54 Å². The van der Waals surface area contributed by atoms with Crippen LogP contribution in [0.5, 0.6) is 0 Å². The van der Waals surface area contributed by atoms with Crippen LogP contribution in [0.15, 0.2) is 17.1 Å². The Balaban J connectivity index is 4.42. The van der Waals surface area contributed by atoms with Crippen molar-refractivity contribution in [3.05, 3.63) is 12.2 Å². The summed E-state index contributed by atoms with van der Waals surface area (Å²) in [5.41, 5.74) is -2.81. The first-order valence-electron chi connectivity index (χ1n) is 3.75. The average Bonchev–Trinajstić information content (AvgIpc) is 1.99. The second-order valence-electron chi connectivity index (χ2n) is 2.93. The van der Waals surface area contributed by atoms with Gasteiger partial charge in [0.25, 0.3) is 0 Å². The van der Waals surface area contributed by atoms with Crippen LogP contribution in [0.3, 0.4) is 0 Å². The Kier molecular flexibility index (Phi) is 4.80. The van der Waals surface area contributed by atoms with Gasteiger partial charge in [-0.15, -0.1) is 0 Å². The number of hydrogen-bond donors (Lipinski definition) is 1. The van der Waals surface area contributed by atoms with Crippen LogP contribution >= 0.6 is 15.9 Å². The third kappa shape index (κ3) is 4.23. The highest BCUT2D eigenvalue weighted by Gasteiger charge is 2.47. The molecule has 2 atom stereocenters. The molecule has 0 saturated carbocycles. The van der Waals surface area contributed by atoms with E-state index in [4.69, 9.17) is 5.11 Å². The molecule has 0 aliphatic carbocycles. The van der Waals surface area contributed by atoms with Crippen molar-refractivity contribution < 1.29 is 18.3 Å². The van der Waals surface area contributed by atoms with Crippen molar-refractivity contribution >= 4 is 22.6 Å². The minimum absolute atomic E-state index is 0.254. The van der Waals surface area contributed by atoms with Crippen LogP contribution in [-0.2, 0) is 0 Å². The molecule has 0 heterocycles. The highest BCUT2D eigenvalue weighted by molar-refractivity contribution is 9.09. The smallest absolute Gasteiger partial charge is 0.377 e. The van der Waals surface area contributed by atoms with Gasteiger partial charge in [-0.25, -0.2) is 0 Å². The second kappa shape index (κ2) is 4.93. The standard InChI is InChI=1S/C8H11BrF3NO/c1-7(14,8(10,11)12)4-3-6(9)5-13-2/h3-4,6,14H,2,5H2,1H3/b4-3+. The number of alkyl halides is 4. The van der Waals surface area contributed by atoms with Crippen LogP contribution in [0.1, 0.15) is 6.92 Å². The number of halogens is 4. The molecular weight excluding hydrogens is 263 g/mol. The summed E-state index contributed by atoms with van der Waals surface area (Å²) in [6.45, 7) is 4.13. The zero-order valence-electron chi connectivity index (χ0n) is 7.55. The van der Waals surface area contributed by atoms with E-state index in [0.29, 0.717) is 13.0 Å². The molecule has 0 aromatic rings. The molecule has 2 nitrogen and oxygen atoms in total. The number of hydrogen-bond acceptors (Lipinski definition) is 2. The van der Waals surface area contributed by atoms with Crippen molar-refractivity contribution in [3.63, 3.8) is 0 Å². The van der Waals surface area contributed by atoms with Gasteiger partial charge in [0.1, 0.15) is 0 Å². The molecule has 0 rings (SSSR count). The van der Waals surface area contributed by atoms with E-state index in [1.54, 1.807) is 0 Å². The summed E-state index contributed by atoms with van der Waals surface area (Å²) in [5.74, 6) is 0. The Morgan fingerprint density at radius 3 is 2.43 bits per heavy atom. The largest absolute Gasteiger partial charge is 0.420 e. The molecule has 82 valence electrons. The van der Waals surface area contributed by atoms with E-state index in [9.17, 15) is 13.2 Å². The Morgan fingerprint density at radius 2 is 2.07 bits per heavy atom. The van der Waals surface area contributed by atoms with Crippen LogP contribution in [-0.4, -0.2) is 35.0 Å². The molecule has 14 heavy (non-hydrogen) atoms. The average molecular weight is 274 g/mol. The summed E-state index contributed by atoms with van der Waals surface area (Å²) < 4.78 is 36.4. The summed E-state index contributed by atoms with van der Waals surface area (Å²) in [6.07, 6.45) is -2.78. The van der Waals surface area contributed by atoms with E-state index >= 15 is 0 Å². The van der Waals surface area contributed by atoms with Gasteiger partial charge in [0.15, 0.2) is 5.60 Å². The fourth-order valence-electron chi connectivity index (χ4n) is 0.570. The number of aliphatic hydroxyl groups is 1. The van der Waals surface area contributed by atoms with E-state index in [1.165, 1.54) is 6.08 Å². The summed E-state index contributed by atoms with van der Waals surface area (Å²) in [4.78, 5) is 3.13. The zero-order valence-corrected chi connectivity index (χ0v) is 9.14. The quantitative estimate of drug-likeness (QED) is 0.476. The topological polar surface area (TPSA) is 32.6 Å². The molecule has 2 unspecified atom stereocenters. The van der Waals surface area contributed by atoms with Gasteiger partial charge in [-0.1, -0.05) is 22.0 Å². The number of aliphatic imine (C=N–C) groups is 1. The molecule has 0 bridgehead atoms. The summed E-state index contributed by atoms with van der Waals surface area (Å²) in [5, 5.41) is 8.99. The Morgan fingerprint density at radius 1 is 1.57 bits per heavy atom. The molecule has 0 fully saturated rings. The lowest BCUT2D eigenvalue weighted by atomic mass is 10.1. The normalized spacial score (nSPS) is 19.3. The molecule has 0 amide bonds. The van der Waals surface area contributed by atoms with Crippen LogP contribution in [0.4, 0.5) is 13.2 Å². The molecule has 0 aromatic heterocycles. The number of rotatable bonds is 4. The zero-order chi connectivity index (χ0) is 11.4. The van der Waals surface area contributed by atoms with Crippen molar-refractivity contribution in [1.82, 2.24) is 0 Å². The van der Waals surface area contributed by atoms with Gasteiger partial charge in [0.05, 0.1) is 11.4 Å². The van der Waals surface area contributed by atoms with Crippen molar-refractivity contribution in [3.8, 4) is 0 Å². The Hall–Kier alpha value is -0.360. The Bertz CT molecular complexity index is 225. The summed E-state index contributed by atoms with van der Waals surface area (Å²) in [6, 6.07) is 0. The van der Waals surface area contributed by atoms with Crippen LogP contribution in [0.2, 0.25) is 0 Å². The molecule has 1 N–H and O–H groups in total. The summed E-state index contributed by atoms with van der Waals surface area (Å²) in [7, 11) is 0.